The number of piperazine rings is 1. The largest absolute Gasteiger partial charge is 0.364 e. The van der Waals surface area contributed by atoms with Crippen molar-refractivity contribution >= 4 is 46.3 Å². The van der Waals surface area contributed by atoms with Gasteiger partial charge in [0.25, 0.3) is 11.8 Å². The van der Waals surface area contributed by atoms with E-state index in [1.165, 1.54) is 12.1 Å². The second-order valence-corrected chi connectivity index (χ2v) is 8.03. The van der Waals surface area contributed by atoms with Gasteiger partial charge in [0.2, 0.25) is 0 Å². The fourth-order valence-electron chi connectivity index (χ4n) is 3.64. The van der Waals surface area contributed by atoms with Crippen LogP contribution in [0.15, 0.2) is 42.1 Å². The molecule has 0 radical (unpaired) electrons. The number of nitrogens with zero attached hydrogens (tertiary/aromatic N) is 3. The van der Waals surface area contributed by atoms with Crippen LogP contribution in [-0.2, 0) is 9.59 Å². The molecule has 0 atom stereocenters. The first-order valence-corrected chi connectivity index (χ1v) is 10.0. The van der Waals surface area contributed by atoms with E-state index in [9.17, 15) is 18.4 Å². The first-order valence-electron chi connectivity index (χ1n) is 9.25. The lowest BCUT2D eigenvalue weighted by Gasteiger charge is -2.34. The van der Waals surface area contributed by atoms with Crippen LogP contribution in [0.5, 0.6) is 0 Å². The van der Waals surface area contributed by atoms with Crippen LogP contribution in [0.25, 0.3) is 5.57 Å². The Bertz CT molecular complexity index is 1080. The second kappa shape index (κ2) is 7.98. The third kappa shape index (κ3) is 3.57. The summed E-state index contributed by atoms with van der Waals surface area (Å²) in [5.74, 6) is -3.46. The van der Waals surface area contributed by atoms with Gasteiger partial charge in [0.15, 0.2) is 11.6 Å². The van der Waals surface area contributed by atoms with Crippen LogP contribution < -0.4 is 4.90 Å². The molecule has 0 aromatic heterocycles. The number of anilines is 1. The summed E-state index contributed by atoms with van der Waals surface area (Å²) in [6.07, 6.45) is 0. The summed E-state index contributed by atoms with van der Waals surface area (Å²) in [4.78, 5) is 31.5. The molecular formula is C21H17Cl2F2N3O2. The van der Waals surface area contributed by atoms with E-state index < -0.39 is 23.4 Å². The highest BCUT2D eigenvalue weighted by molar-refractivity contribution is 6.47. The average Bonchev–Trinajstić information content (AvgIpc) is 2.95. The lowest BCUT2D eigenvalue weighted by molar-refractivity contribution is -0.120. The first kappa shape index (κ1) is 20.8. The molecule has 0 aliphatic carbocycles. The standard InChI is InChI=1S/C21H17Cl2F2N3O2/c1-26-6-8-27(9-7-26)19-18(14-4-2-12(22)10-15(14)23)20(29)28(21(19)30)13-3-5-16(24)17(25)11-13/h2-5,10-11H,6-9H2,1H3. The molecule has 0 saturated carbocycles. The summed E-state index contributed by atoms with van der Waals surface area (Å²) in [6, 6.07) is 7.56. The van der Waals surface area contributed by atoms with Gasteiger partial charge >= 0.3 is 0 Å². The van der Waals surface area contributed by atoms with E-state index in [0.717, 1.165) is 17.0 Å². The summed E-state index contributed by atoms with van der Waals surface area (Å²) in [6.45, 7) is 2.48. The van der Waals surface area contributed by atoms with Gasteiger partial charge in [-0.05, 0) is 31.3 Å². The normalized spacial score (nSPS) is 18.0. The van der Waals surface area contributed by atoms with Gasteiger partial charge in [-0.15, -0.1) is 0 Å². The van der Waals surface area contributed by atoms with Crippen LogP contribution in [0.1, 0.15) is 5.56 Å². The number of halogens is 4. The molecule has 4 rings (SSSR count). The predicted octanol–water partition coefficient (Wildman–Crippen LogP) is 3.80. The van der Waals surface area contributed by atoms with E-state index in [4.69, 9.17) is 23.2 Å². The Labute approximate surface area is 182 Å². The molecule has 2 aliphatic rings. The Morgan fingerprint density at radius 3 is 2.20 bits per heavy atom. The van der Waals surface area contributed by atoms with E-state index in [2.05, 4.69) is 4.90 Å². The zero-order chi connectivity index (χ0) is 21.6. The molecule has 156 valence electrons. The minimum absolute atomic E-state index is 0.0457. The average molecular weight is 452 g/mol. The summed E-state index contributed by atoms with van der Waals surface area (Å²) < 4.78 is 27.2. The molecule has 2 amide bonds. The van der Waals surface area contributed by atoms with Crippen LogP contribution in [0.4, 0.5) is 14.5 Å². The maximum atomic E-state index is 13.8. The fourth-order valence-corrected chi connectivity index (χ4v) is 4.14. The summed E-state index contributed by atoms with van der Waals surface area (Å²) >= 11 is 12.3. The van der Waals surface area contributed by atoms with Gasteiger partial charge in [-0.3, -0.25) is 9.59 Å². The van der Waals surface area contributed by atoms with E-state index in [1.807, 2.05) is 11.9 Å². The van der Waals surface area contributed by atoms with Crippen molar-refractivity contribution in [2.45, 2.75) is 0 Å². The van der Waals surface area contributed by atoms with Gasteiger partial charge < -0.3 is 9.80 Å². The van der Waals surface area contributed by atoms with Crippen LogP contribution >= 0.6 is 23.2 Å². The molecule has 1 fully saturated rings. The van der Waals surface area contributed by atoms with E-state index in [-0.39, 0.29) is 22.0 Å². The summed E-state index contributed by atoms with van der Waals surface area (Å²) in [7, 11) is 1.97. The maximum Gasteiger partial charge on any atom is 0.282 e. The van der Waals surface area contributed by atoms with Crippen LogP contribution in [-0.4, -0.2) is 54.8 Å². The Balaban J connectivity index is 1.85. The van der Waals surface area contributed by atoms with Gasteiger partial charge in [-0.1, -0.05) is 29.3 Å². The van der Waals surface area contributed by atoms with Crippen LogP contribution in [0.3, 0.4) is 0 Å². The molecule has 0 bridgehead atoms. The number of carbonyl (C=O) groups excluding carboxylic acids is 2. The fraction of sp³-hybridized carbons (Fsp3) is 0.238. The van der Waals surface area contributed by atoms with Crippen molar-refractivity contribution in [2.75, 3.05) is 38.1 Å². The number of amides is 2. The topological polar surface area (TPSA) is 43.9 Å². The number of likely N-dealkylation sites (N-methyl/N-ethyl adjacent to an activating group) is 1. The molecule has 2 aromatic carbocycles. The summed E-state index contributed by atoms with van der Waals surface area (Å²) in [5.41, 5.74) is 0.632. The SMILES string of the molecule is CN1CCN(C2=C(c3ccc(Cl)cc3Cl)C(=O)N(c3ccc(F)c(F)c3)C2=O)CC1. The Morgan fingerprint density at radius 2 is 1.57 bits per heavy atom. The number of benzene rings is 2. The lowest BCUT2D eigenvalue weighted by atomic mass is 10.0. The quantitative estimate of drug-likeness (QED) is 0.665. The zero-order valence-electron chi connectivity index (χ0n) is 16.0. The minimum Gasteiger partial charge on any atom is -0.364 e. The van der Waals surface area contributed by atoms with Crippen molar-refractivity contribution in [1.82, 2.24) is 9.80 Å². The second-order valence-electron chi connectivity index (χ2n) is 7.18. The maximum absolute atomic E-state index is 13.8. The van der Waals surface area contributed by atoms with Crippen molar-refractivity contribution in [3.63, 3.8) is 0 Å². The van der Waals surface area contributed by atoms with Crippen molar-refractivity contribution in [3.8, 4) is 0 Å². The third-order valence-electron chi connectivity index (χ3n) is 5.24. The van der Waals surface area contributed by atoms with Gasteiger partial charge in [0, 0.05) is 42.8 Å². The van der Waals surface area contributed by atoms with Crippen molar-refractivity contribution < 1.29 is 18.4 Å². The zero-order valence-corrected chi connectivity index (χ0v) is 17.5. The monoisotopic (exact) mass is 451 g/mol. The first-order chi connectivity index (χ1) is 14.3. The molecule has 5 nitrogen and oxygen atoms in total. The number of hydrogen-bond donors (Lipinski definition) is 0. The number of carbonyl (C=O) groups is 2. The molecule has 2 aliphatic heterocycles. The van der Waals surface area contributed by atoms with E-state index in [0.29, 0.717) is 36.8 Å². The third-order valence-corrected chi connectivity index (χ3v) is 5.79. The Hall–Kier alpha value is -2.48. The van der Waals surface area contributed by atoms with Gasteiger partial charge in [-0.25, -0.2) is 13.7 Å². The highest BCUT2D eigenvalue weighted by Gasteiger charge is 2.43. The number of hydrogen-bond acceptors (Lipinski definition) is 4. The summed E-state index contributed by atoms with van der Waals surface area (Å²) in [5, 5.41) is 0.608. The predicted molar refractivity (Wildman–Crippen MR) is 111 cm³/mol. The minimum atomic E-state index is -1.15. The van der Waals surface area contributed by atoms with Crippen molar-refractivity contribution in [1.29, 1.82) is 0 Å². The molecule has 2 heterocycles. The van der Waals surface area contributed by atoms with Crippen LogP contribution in [0.2, 0.25) is 10.0 Å². The molecule has 30 heavy (non-hydrogen) atoms. The number of rotatable bonds is 3. The van der Waals surface area contributed by atoms with Crippen molar-refractivity contribution in [2.24, 2.45) is 0 Å². The lowest BCUT2D eigenvalue weighted by Crippen LogP contribution is -2.46. The Morgan fingerprint density at radius 1 is 0.867 bits per heavy atom. The molecule has 0 N–H and O–H groups in total. The molecule has 0 unspecified atom stereocenters. The highest BCUT2D eigenvalue weighted by atomic mass is 35.5. The van der Waals surface area contributed by atoms with E-state index >= 15 is 0 Å². The number of imide groups is 1. The van der Waals surface area contributed by atoms with Gasteiger partial charge in [-0.2, -0.15) is 0 Å². The van der Waals surface area contributed by atoms with Crippen molar-refractivity contribution in [3.05, 3.63) is 69.3 Å². The molecule has 0 spiro atoms. The van der Waals surface area contributed by atoms with Gasteiger partial charge in [0.05, 0.1) is 16.3 Å². The van der Waals surface area contributed by atoms with Crippen LogP contribution in [0, 0.1) is 11.6 Å². The molecular weight excluding hydrogens is 435 g/mol. The van der Waals surface area contributed by atoms with E-state index in [1.54, 1.807) is 12.1 Å². The Kier molecular flexibility index (Phi) is 5.53. The molecule has 1 saturated heterocycles. The van der Waals surface area contributed by atoms with Gasteiger partial charge in [0.1, 0.15) is 5.70 Å². The highest BCUT2D eigenvalue weighted by Crippen LogP contribution is 2.38. The molecule has 2 aromatic rings. The molecule has 9 heteroatoms. The smallest absolute Gasteiger partial charge is 0.282 e.